The van der Waals surface area contributed by atoms with Crippen LogP contribution in [0, 0.1) is 17.2 Å². The number of carbonyl (C=O) groups is 2. The Morgan fingerprint density at radius 2 is 1.84 bits per heavy atom. The van der Waals surface area contributed by atoms with Crippen molar-refractivity contribution >= 4 is 22.7 Å². The number of fused-ring (bicyclic) bond motifs is 1. The van der Waals surface area contributed by atoms with Crippen molar-refractivity contribution in [2.45, 2.75) is 72.0 Å². The number of rotatable bonds is 8. The van der Waals surface area contributed by atoms with Gasteiger partial charge in [0.2, 0.25) is 5.91 Å². The number of amides is 2. The minimum atomic E-state index is -0.832. The number of nitrogens with one attached hydrogen (secondary N) is 2. The summed E-state index contributed by atoms with van der Waals surface area (Å²) in [6.07, 6.45) is 5.71. The average molecular weight is 509 g/mol. The highest BCUT2D eigenvalue weighted by atomic mass is 19.1. The van der Waals surface area contributed by atoms with Crippen LogP contribution < -0.4 is 15.4 Å². The summed E-state index contributed by atoms with van der Waals surface area (Å²) in [4.78, 5) is 26.8. The van der Waals surface area contributed by atoms with Crippen molar-refractivity contribution in [3.05, 3.63) is 59.5 Å². The number of methoxy groups -OCH3 is 1. The lowest BCUT2D eigenvalue weighted by molar-refractivity contribution is -0.125. The molecule has 1 saturated carbocycles. The first-order valence-corrected chi connectivity index (χ1v) is 13.0. The second-order valence-corrected chi connectivity index (χ2v) is 11.0. The topological polar surface area (TPSA) is 85.2 Å². The van der Waals surface area contributed by atoms with Crippen molar-refractivity contribution in [3.8, 4) is 5.75 Å². The van der Waals surface area contributed by atoms with Crippen molar-refractivity contribution in [2.75, 3.05) is 7.11 Å². The molecule has 3 aromatic rings. The summed E-state index contributed by atoms with van der Waals surface area (Å²) < 4.78 is 21.9. The summed E-state index contributed by atoms with van der Waals surface area (Å²) in [7, 11) is 1.58. The van der Waals surface area contributed by atoms with Gasteiger partial charge in [0.05, 0.1) is 7.11 Å². The van der Waals surface area contributed by atoms with Gasteiger partial charge in [-0.25, -0.2) is 4.39 Å². The highest BCUT2D eigenvalue weighted by Crippen LogP contribution is 2.29. The quantitative estimate of drug-likeness (QED) is 0.437. The molecule has 1 atom stereocenters. The van der Waals surface area contributed by atoms with Gasteiger partial charge in [-0.1, -0.05) is 70.4 Å². The number of halogens is 1. The van der Waals surface area contributed by atoms with Gasteiger partial charge in [-0.2, -0.15) is 5.10 Å². The fourth-order valence-corrected chi connectivity index (χ4v) is 5.12. The van der Waals surface area contributed by atoms with E-state index in [4.69, 9.17) is 4.74 Å². The zero-order valence-corrected chi connectivity index (χ0v) is 22.1. The van der Waals surface area contributed by atoms with Crippen LogP contribution in [-0.2, 0) is 17.9 Å². The van der Waals surface area contributed by atoms with E-state index in [0.717, 1.165) is 31.2 Å². The molecule has 0 bridgehead atoms. The highest BCUT2D eigenvalue weighted by molar-refractivity contribution is 6.06. The van der Waals surface area contributed by atoms with Crippen LogP contribution in [0.2, 0.25) is 0 Å². The normalized spacial score (nSPS) is 15.4. The number of aromatic nitrogens is 2. The molecule has 1 heterocycles. The lowest BCUT2D eigenvalue weighted by Gasteiger charge is -2.30. The van der Waals surface area contributed by atoms with Gasteiger partial charge in [-0.15, -0.1) is 0 Å². The van der Waals surface area contributed by atoms with Crippen LogP contribution in [0.5, 0.6) is 5.75 Å². The Labute approximate surface area is 217 Å². The van der Waals surface area contributed by atoms with Gasteiger partial charge in [0, 0.05) is 24.0 Å². The third-order valence-electron chi connectivity index (χ3n) is 7.14. The van der Waals surface area contributed by atoms with E-state index in [9.17, 15) is 14.0 Å². The molecule has 0 aliphatic heterocycles. The van der Waals surface area contributed by atoms with Crippen molar-refractivity contribution in [3.63, 3.8) is 0 Å². The molecular formula is C29H37FN4O3. The number of benzene rings is 2. The molecule has 8 heteroatoms. The summed E-state index contributed by atoms with van der Waals surface area (Å²) in [5.74, 6) is -0.123. The second kappa shape index (κ2) is 11.3. The summed E-state index contributed by atoms with van der Waals surface area (Å²) >= 11 is 0. The number of hydrogen-bond donors (Lipinski definition) is 2. The predicted octanol–water partition coefficient (Wildman–Crippen LogP) is 5.23. The third kappa shape index (κ3) is 6.12. The second-order valence-electron chi connectivity index (χ2n) is 11.0. The van der Waals surface area contributed by atoms with Crippen LogP contribution in [-0.4, -0.2) is 34.7 Å². The molecule has 0 radical (unpaired) electrons. The Hall–Kier alpha value is -3.42. The summed E-state index contributed by atoms with van der Waals surface area (Å²) in [6.45, 7) is 6.50. The van der Waals surface area contributed by atoms with E-state index in [-0.39, 0.29) is 18.1 Å². The average Bonchev–Trinajstić information content (AvgIpc) is 3.25. The van der Waals surface area contributed by atoms with Gasteiger partial charge in [0.25, 0.3) is 5.91 Å². The predicted molar refractivity (Wildman–Crippen MR) is 142 cm³/mol. The number of nitrogens with zero attached hydrogens (tertiary/aromatic N) is 2. The SMILES string of the molecule is COc1ccccc1CNC(=O)C(NC(=O)c1nn(CC2CCCCC2)c2c(F)cccc12)C(C)(C)C. The molecule has 0 saturated heterocycles. The van der Waals surface area contributed by atoms with Crippen molar-refractivity contribution in [1.82, 2.24) is 20.4 Å². The minimum Gasteiger partial charge on any atom is -0.496 e. The number of hydrogen-bond acceptors (Lipinski definition) is 4. The first-order chi connectivity index (χ1) is 17.7. The molecule has 1 aromatic heterocycles. The first kappa shape index (κ1) is 26.6. The lowest BCUT2D eigenvalue weighted by atomic mass is 9.86. The van der Waals surface area contributed by atoms with E-state index in [1.165, 1.54) is 12.5 Å². The molecule has 198 valence electrons. The van der Waals surface area contributed by atoms with Gasteiger partial charge in [0.1, 0.15) is 23.1 Å². The van der Waals surface area contributed by atoms with Gasteiger partial charge >= 0.3 is 0 Å². The van der Waals surface area contributed by atoms with E-state index in [1.54, 1.807) is 23.9 Å². The van der Waals surface area contributed by atoms with Crippen LogP contribution in [0.1, 0.15) is 68.9 Å². The van der Waals surface area contributed by atoms with Gasteiger partial charge in [-0.3, -0.25) is 14.3 Å². The fourth-order valence-electron chi connectivity index (χ4n) is 5.12. The Bertz CT molecular complexity index is 1260. The van der Waals surface area contributed by atoms with Gasteiger partial charge in [-0.05, 0) is 36.3 Å². The van der Waals surface area contributed by atoms with Crippen LogP contribution >= 0.6 is 0 Å². The van der Waals surface area contributed by atoms with E-state index < -0.39 is 23.2 Å². The zero-order chi connectivity index (χ0) is 26.6. The van der Waals surface area contributed by atoms with Crippen LogP contribution in [0.25, 0.3) is 10.9 Å². The fraction of sp³-hybridized carbons (Fsp3) is 0.483. The van der Waals surface area contributed by atoms with Gasteiger partial charge in [0.15, 0.2) is 5.69 Å². The van der Waals surface area contributed by atoms with E-state index in [2.05, 4.69) is 15.7 Å². The number of ether oxygens (including phenoxy) is 1. The Morgan fingerprint density at radius 1 is 1.11 bits per heavy atom. The van der Waals surface area contributed by atoms with Crippen LogP contribution in [0.3, 0.4) is 0 Å². The minimum absolute atomic E-state index is 0.136. The molecule has 2 N–H and O–H groups in total. The zero-order valence-electron chi connectivity index (χ0n) is 22.1. The maximum atomic E-state index is 14.9. The standard InChI is InChI=1S/C29H37FN4O3/c1-29(2,3)26(28(36)31-17-20-13-8-9-16-23(20)37-4)32-27(35)24-21-14-10-15-22(30)25(21)34(33-24)18-19-11-6-5-7-12-19/h8-10,13-16,19,26H,5-7,11-12,17-18H2,1-4H3,(H,31,36)(H,32,35). The van der Waals surface area contributed by atoms with Crippen LogP contribution in [0.4, 0.5) is 4.39 Å². The maximum Gasteiger partial charge on any atom is 0.273 e. The third-order valence-corrected chi connectivity index (χ3v) is 7.14. The molecular weight excluding hydrogens is 471 g/mol. The molecule has 2 aromatic carbocycles. The maximum absolute atomic E-state index is 14.9. The Morgan fingerprint density at radius 3 is 2.54 bits per heavy atom. The summed E-state index contributed by atoms with van der Waals surface area (Å²) in [5.41, 5.74) is 0.732. The van der Waals surface area contributed by atoms with E-state index >= 15 is 0 Å². The largest absolute Gasteiger partial charge is 0.496 e. The van der Waals surface area contributed by atoms with E-state index in [1.807, 2.05) is 45.0 Å². The van der Waals surface area contributed by atoms with Crippen molar-refractivity contribution < 1.29 is 18.7 Å². The molecule has 1 fully saturated rings. The lowest BCUT2D eigenvalue weighted by Crippen LogP contribution is -2.53. The highest BCUT2D eigenvalue weighted by Gasteiger charge is 2.34. The molecule has 1 aliphatic rings. The van der Waals surface area contributed by atoms with E-state index in [0.29, 0.717) is 29.1 Å². The molecule has 37 heavy (non-hydrogen) atoms. The van der Waals surface area contributed by atoms with Crippen molar-refractivity contribution in [1.29, 1.82) is 0 Å². The summed E-state index contributed by atoms with van der Waals surface area (Å²) in [5, 5.41) is 10.8. The van der Waals surface area contributed by atoms with Gasteiger partial charge < -0.3 is 15.4 Å². The first-order valence-electron chi connectivity index (χ1n) is 13.0. The van der Waals surface area contributed by atoms with Crippen molar-refractivity contribution in [2.24, 2.45) is 11.3 Å². The molecule has 1 aliphatic carbocycles. The number of para-hydroxylation sites is 2. The molecule has 7 nitrogen and oxygen atoms in total. The molecule has 2 amide bonds. The summed E-state index contributed by atoms with van der Waals surface area (Å²) in [6, 6.07) is 11.3. The Balaban J connectivity index is 1.56. The molecule has 4 rings (SSSR count). The number of carbonyl (C=O) groups excluding carboxylic acids is 2. The smallest absolute Gasteiger partial charge is 0.273 e. The monoisotopic (exact) mass is 508 g/mol. The Kier molecular flexibility index (Phi) is 8.15. The molecule has 1 unspecified atom stereocenters. The van der Waals surface area contributed by atoms with Crippen LogP contribution in [0.15, 0.2) is 42.5 Å². The molecule has 0 spiro atoms.